The van der Waals surface area contributed by atoms with Crippen LogP contribution in [0, 0.1) is 17.3 Å². The number of rotatable bonds is 6. The zero-order valence-electron chi connectivity index (χ0n) is 11.6. The highest BCUT2D eigenvalue weighted by molar-refractivity contribution is 4.78. The van der Waals surface area contributed by atoms with E-state index < -0.39 is 0 Å². The molecule has 16 heavy (non-hydrogen) atoms. The highest BCUT2D eigenvalue weighted by atomic mass is 15.2. The Morgan fingerprint density at radius 3 is 2.31 bits per heavy atom. The third kappa shape index (κ3) is 5.31. The molecular weight excluding hydrogens is 196 g/mol. The molecular formula is C14H30N2. The van der Waals surface area contributed by atoms with Crippen LogP contribution in [0.25, 0.3) is 0 Å². The van der Waals surface area contributed by atoms with Crippen LogP contribution in [-0.2, 0) is 0 Å². The Kier molecular flexibility index (Phi) is 5.26. The Hall–Kier alpha value is -0.0800. The summed E-state index contributed by atoms with van der Waals surface area (Å²) in [5.41, 5.74) is 3.46. The molecule has 2 heteroatoms. The van der Waals surface area contributed by atoms with Crippen LogP contribution < -0.4 is 11.3 Å². The molecule has 0 aromatic heterocycles. The Balaban J connectivity index is 2.25. The van der Waals surface area contributed by atoms with E-state index in [1.165, 1.54) is 38.5 Å². The van der Waals surface area contributed by atoms with E-state index in [2.05, 4.69) is 33.1 Å². The van der Waals surface area contributed by atoms with E-state index in [4.69, 9.17) is 5.84 Å². The van der Waals surface area contributed by atoms with Crippen molar-refractivity contribution in [2.45, 2.75) is 72.3 Å². The average molecular weight is 226 g/mol. The lowest BCUT2D eigenvalue weighted by Gasteiger charge is -2.32. The Morgan fingerprint density at radius 1 is 1.31 bits per heavy atom. The standard InChI is InChI=1S/C14H30N2/c1-11(10-14(2,3)4)8-13(16-15)9-12-6-5-7-12/h11-13,16H,5-10,15H2,1-4H3. The SMILES string of the molecule is CC(CC(CC1CCC1)NN)CC(C)(C)C. The van der Waals surface area contributed by atoms with Gasteiger partial charge in [-0.1, -0.05) is 47.0 Å². The largest absolute Gasteiger partial charge is 0.271 e. The summed E-state index contributed by atoms with van der Waals surface area (Å²) < 4.78 is 0. The first-order valence-electron chi connectivity index (χ1n) is 6.87. The first kappa shape index (κ1) is 14.0. The maximum atomic E-state index is 5.66. The fraction of sp³-hybridized carbons (Fsp3) is 1.00. The van der Waals surface area contributed by atoms with Crippen molar-refractivity contribution in [3.63, 3.8) is 0 Å². The van der Waals surface area contributed by atoms with Crippen LogP contribution in [0.3, 0.4) is 0 Å². The van der Waals surface area contributed by atoms with Gasteiger partial charge in [0, 0.05) is 6.04 Å². The summed E-state index contributed by atoms with van der Waals surface area (Å²) in [7, 11) is 0. The number of hydrazine groups is 1. The Bertz CT molecular complexity index is 191. The summed E-state index contributed by atoms with van der Waals surface area (Å²) >= 11 is 0. The van der Waals surface area contributed by atoms with E-state index in [0.717, 1.165) is 11.8 Å². The minimum Gasteiger partial charge on any atom is -0.271 e. The molecule has 0 aromatic rings. The molecule has 1 saturated carbocycles. The molecule has 0 heterocycles. The van der Waals surface area contributed by atoms with Gasteiger partial charge in [0.05, 0.1) is 0 Å². The zero-order valence-corrected chi connectivity index (χ0v) is 11.6. The predicted molar refractivity (Wildman–Crippen MR) is 70.9 cm³/mol. The van der Waals surface area contributed by atoms with Crippen molar-refractivity contribution < 1.29 is 0 Å². The van der Waals surface area contributed by atoms with Crippen molar-refractivity contribution in [1.82, 2.24) is 5.43 Å². The van der Waals surface area contributed by atoms with Gasteiger partial charge in [-0.05, 0) is 36.5 Å². The van der Waals surface area contributed by atoms with Crippen molar-refractivity contribution in [3.8, 4) is 0 Å². The average Bonchev–Trinajstić information content (AvgIpc) is 2.05. The van der Waals surface area contributed by atoms with E-state index in [9.17, 15) is 0 Å². The number of nitrogens with one attached hydrogen (secondary N) is 1. The van der Waals surface area contributed by atoms with E-state index in [1.807, 2.05) is 0 Å². The lowest BCUT2D eigenvalue weighted by molar-refractivity contribution is 0.223. The van der Waals surface area contributed by atoms with Crippen LogP contribution in [0.5, 0.6) is 0 Å². The molecule has 2 atom stereocenters. The van der Waals surface area contributed by atoms with Gasteiger partial charge in [0.15, 0.2) is 0 Å². The second kappa shape index (κ2) is 6.02. The minimum atomic E-state index is 0.440. The minimum absolute atomic E-state index is 0.440. The second-order valence-electron chi connectivity index (χ2n) is 7.00. The van der Waals surface area contributed by atoms with Crippen LogP contribution in [-0.4, -0.2) is 6.04 Å². The van der Waals surface area contributed by atoms with E-state index in [-0.39, 0.29) is 0 Å². The van der Waals surface area contributed by atoms with Crippen LogP contribution in [0.15, 0.2) is 0 Å². The summed E-state index contributed by atoms with van der Waals surface area (Å²) in [5, 5.41) is 0. The monoisotopic (exact) mass is 226 g/mol. The van der Waals surface area contributed by atoms with Gasteiger partial charge in [-0.25, -0.2) is 0 Å². The molecule has 2 unspecified atom stereocenters. The molecule has 1 fully saturated rings. The molecule has 0 radical (unpaired) electrons. The van der Waals surface area contributed by atoms with Crippen molar-refractivity contribution in [3.05, 3.63) is 0 Å². The van der Waals surface area contributed by atoms with Gasteiger partial charge < -0.3 is 0 Å². The van der Waals surface area contributed by atoms with Crippen LogP contribution in [0.2, 0.25) is 0 Å². The maximum Gasteiger partial charge on any atom is 0.0215 e. The summed E-state index contributed by atoms with van der Waals surface area (Å²) in [6, 6.07) is 0.530. The summed E-state index contributed by atoms with van der Waals surface area (Å²) in [6.45, 7) is 9.32. The summed E-state index contributed by atoms with van der Waals surface area (Å²) in [5.74, 6) is 7.37. The van der Waals surface area contributed by atoms with Crippen LogP contribution in [0.1, 0.15) is 66.2 Å². The van der Waals surface area contributed by atoms with Gasteiger partial charge in [-0.3, -0.25) is 11.3 Å². The lowest BCUT2D eigenvalue weighted by Crippen LogP contribution is -2.39. The summed E-state index contributed by atoms with van der Waals surface area (Å²) in [6.07, 6.45) is 8.07. The maximum absolute atomic E-state index is 5.66. The molecule has 3 N–H and O–H groups in total. The fourth-order valence-electron chi connectivity index (χ4n) is 2.98. The van der Waals surface area contributed by atoms with Crippen molar-refractivity contribution in [2.75, 3.05) is 0 Å². The van der Waals surface area contributed by atoms with Crippen LogP contribution >= 0.6 is 0 Å². The van der Waals surface area contributed by atoms with Crippen molar-refractivity contribution in [2.24, 2.45) is 23.1 Å². The first-order valence-corrected chi connectivity index (χ1v) is 6.87. The van der Waals surface area contributed by atoms with E-state index >= 15 is 0 Å². The quantitative estimate of drug-likeness (QED) is 0.537. The summed E-state index contributed by atoms with van der Waals surface area (Å²) in [4.78, 5) is 0. The highest BCUT2D eigenvalue weighted by Gasteiger charge is 2.24. The molecule has 1 rings (SSSR count). The van der Waals surface area contributed by atoms with Gasteiger partial charge >= 0.3 is 0 Å². The molecule has 0 spiro atoms. The number of hydrogen-bond acceptors (Lipinski definition) is 2. The first-order chi connectivity index (χ1) is 7.40. The molecule has 0 bridgehead atoms. The molecule has 96 valence electrons. The van der Waals surface area contributed by atoms with Gasteiger partial charge in [-0.2, -0.15) is 0 Å². The van der Waals surface area contributed by atoms with Gasteiger partial charge in [0.1, 0.15) is 0 Å². The fourth-order valence-corrected chi connectivity index (χ4v) is 2.98. The van der Waals surface area contributed by atoms with Crippen molar-refractivity contribution in [1.29, 1.82) is 0 Å². The normalized spacial score (nSPS) is 21.6. The molecule has 0 aliphatic heterocycles. The van der Waals surface area contributed by atoms with Gasteiger partial charge in [0.25, 0.3) is 0 Å². The van der Waals surface area contributed by atoms with Crippen molar-refractivity contribution >= 4 is 0 Å². The third-order valence-electron chi connectivity index (χ3n) is 3.73. The smallest absolute Gasteiger partial charge is 0.0215 e. The van der Waals surface area contributed by atoms with Gasteiger partial charge in [-0.15, -0.1) is 0 Å². The van der Waals surface area contributed by atoms with Crippen LogP contribution in [0.4, 0.5) is 0 Å². The topological polar surface area (TPSA) is 38.0 Å². The second-order valence-corrected chi connectivity index (χ2v) is 7.00. The number of nitrogens with two attached hydrogens (primary N) is 1. The zero-order chi connectivity index (χ0) is 12.2. The molecule has 0 aromatic carbocycles. The lowest BCUT2D eigenvalue weighted by atomic mass is 9.77. The predicted octanol–water partition coefficient (Wildman–Crippen LogP) is 3.47. The molecule has 0 saturated heterocycles. The molecule has 2 nitrogen and oxygen atoms in total. The molecule has 1 aliphatic rings. The van der Waals surface area contributed by atoms with E-state index in [1.54, 1.807) is 0 Å². The highest BCUT2D eigenvalue weighted by Crippen LogP contribution is 2.33. The third-order valence-corrected chi connectivity index (χ3v) is 3.73. The molecule has 0 amide bonds. The van der Waals surface area contributed by atoms with Gasteiger partial charge in [0.2, 0.25) is 0 Å². The Labute approximate surface area is 101 Å². The van der Waals surface area contributed by atoms with E-state index in [0.29, 0.717) is 11.5 Å². The molecule has 1 aliphatic carbocycles. The number of hydrogen-bond donors (Lipinski definition) is 2. The Morgan fingerprint density at radius 2 is 1.94 bits per heavy atom.